The summed E-state index contributed by atoms with van der Waals surface area (Å²) >= 11 is 0. The van der Waals surface area contributed by atoms with Crippen LogP contribution in [0.1, 0.15) is 77.6 Å². The van der Waals surface area contributed by atoms with Crippen LogP contribution in [0, 0.1) is 42.4 Å². The normalized spacial score (nSPS) is 11.4. The molecule has 6 heteroatoms. The average Bonchev–Trinajstić information content (AvgIpc) is 3.86. The van der Waals surface area contributed by atoms with Crippen molar-refractivity contribution in [1.82, 2.24) is 19.1 Å². The van der Waals surface area contributed by atoms with E-state index in [9.17, 15) is 0 Å². The Kier molecular flexibility index (Phi) is 15.0. The van der Waals surface area contributed by atoms with Crippen LogP contribution in [0.2, 0.25) is 0 Å². The van der Waals surface area contributed by atoms with Crippen molar-refractivity contribution in [3.8, 4) is 34.2 Å². The molecule has 0 aliphatic carbocycles. The van der Waals surface area contributed by atoms with E-state index in [2.05, 4.69) is 191 Å². The number of benzene rings is 7. The number of fused-ring (bicyclic) bond motifs is 4. The van der Waals surface area contributed by atoms with Gasteiger partial charge in [0, 0.05) is 36.9 Å². The molecular weight excluding hydrogens is 971 g/mol. The molecule has 0 saturated heterocycles. The molecule has 0 N–H and O–H groups in total. The average molecular weight is 1030 g/mol. The summed E-state index contributed by atoms with van der Waals surface area (Å²) in [4.78, 5) is 14.0. The molecule has 0 bridgehead atoms. The Morgan fingerprint density at radius 3 is 1.55 bits per heavy atom. The molecule has 0 fully saturated rings. The minimum absolute atomic E-state index is 0. The monoisotopic (exact) mass is 1030 g/mol. The van der Waals surface area contributed by atoms with E-state index in [-0.39, 0.29) is 20.1 Å². The third-order valence-corrected chi connectivity index (χ3v) is 11.5. The van der Waals surface area contributed by atoms with Crippen molar-refractivity contribution < 1.29 is 20.1 Å². The van der Waals surface area contributed by atoms with Crippen LogP contribution < -0.4 is 0 Å². The van der Waals surface area contributed by atoms with E-state index in [1.54, 1.807) is 0 Å². The van der Waals surface area contributed by atoms with Crippen LogP contribution in [-0.2, 0) is 45.8 Å². The number of aromatic nitrogens is 4. The first-order valence-corrected chi connectivity index (χ1v) is 23.0. The topological polar surface area (TPSA) is 40.0 Å². The largest absolute Gasteiger partial charge is 0.333 e. The van der Waals surface area contributed by atoms with Gasteiger partial charge in [0.25, 0.3) is 0 Å². The summed E-state index contributed by atoms with van der Waals surface area (Å²) in [5.41, 5.74) is 14.6. The van der Waals surface area contributed by atoms with Crippen LogP contribution in [0.4, 0.5) is 5.69 Å². The molecule has 1 radical (unpaired) electrons. The fourth-order valence-electron chi connectivity index (χ4n) is 9.16. The summed E-state index contributed by atoms with van der Waals surface area (Å²) in [6.07, 6.45) is 3.88. The van der Waals surface area contributed by atoms with Gasteiger partial charge in [0.05, 0.1) is 40.3 Å². The Bertz CT molecular complexity index is 3020. The maximum atomic E-state index is 7.76. The predicted molar refractivity (Wildman–Crippen MR) is 269 cm³/mol. The van der Waals surface area contributed by atoms with Crippen LogP contribution in [-0.4, -0.2) is 19.1 Å². The Morgan fingerprint density at radius 2 is 1.00 bits per heavy atom. The Hall–Kier alpha value is -6.12. The maximum absolute atomic E-state index is 7.76. The van der Waals surface area contributed by atoms with Gasteiger partial charge in [-0.2, -0.15) is 0 Å². The molecule has 65 heavy (non-hydrogen) atoms. The van der Waals surface area contributed by atoms with Crippen molar-refractivity contribution >= 4 is 38.5 Å². The van der Waals surface area contributed by atoms with Gasteiger partial charge in [0.1, 0.15) is 0 Å². The molecule has 9 aromatic rings. The smallest absolute Gasteiger partial charge is 0.187 e. The second-order valence-corrected chi connectivity index (χ2v) is 18.8. The molecule has 0 spiro atoms. The van der Waals surface area contributed by atoms with Crippen molar-refractivity contribution in [2.45, 2.75) is 81.1 Å². The van der Waals surface area contributed by atoms with Crippen molar-refractivity contribution in [3.05, 3.63) is 185 Å². The van der Waals surface area contributed by atoms with Gasteiger partial charge in [-0.25, -0.2) is 4.85 Å². The fourth-order valence-corrected chi connectivity index (χ4v) is 9.16. The fraction of sp³-hybridized carbons (Fsp3) is 0.271. The van der Waals surface area contributed by atoms with Gasteiger partial charge >= 0.3 is 0 Å². The molecular formula is C59H59IrN5-2. The number of rotatable bonds is 12. The Balaban J connectivity index is 0.000000194. The van der Waals surface area contributed by atoms with Crippen LogP contribution >= 0.6 is 0 Å². The third kappa shape index (κ3) is 10.2. The van der Waals surface area contributed by atoms with E-state index in [1.165, 1.54) is 44.4 Å². The quantitative estimate of drug-likeness (QED) is 0.114. The Labute approximate surface area is 399 Å². The van der Waals surface area contributed by atoms with E-state index >= 15 is 0 Å². The minimum Gasteiger partial charge on any atom is -0.333 e. The SMILES string of the molecule is CC(C)Cc1cccc(CC(C)C)c1-n1c(-c2[c-]cccc2)nc2ccccc21.[C-]#[N+]c1cc(CC(C)C)c(-n2c(-c3[c-]cccc3)nc3ccc4ccccc4c32)c(CC(C)C)c1.[Ir]. The molecule has 0 aliphatic rings. The van der Waals surface area contributed by atoms with Crippen molar-refractivity contribution in [2.24, 2.45) is 23.7 Å². The zero-order valence-corrected chi connectivity index (χ0v) is 41.4. The molecule has 2 heterocycles. The summed E-state index contributed by atoms with van der Waals surface area (Å²) in [5, 5.41) is 2.37. The molecule has 7 aromatic carbocycles. The first kappa shape index (κ1) is 46.9. The van der Waals surface area contributed by atoms with E-state index < -0.39 is 0 Å². The second kappa shape index (κ2) is 20.8. The van der Waals surface area contributed by atoms with Gasteiger partial charge in [-0.3, -0.25) is 9.97 Å². The number of hydrogen-bond donors (Lipinski definition) is 0. The number of nitrogens with zero attached hydrogens (tertiary/aromatic N) is 5. The molecule has 0 atom stereocenters. The van der Waals surface area contributed by atoms with Gasteiger partial charge in [-0.05, 0) is 95.2 Å². The van der Waals surface area contributed by atoms with Gasteiger partial charge < -0.3 is 9.13 Å². The van der Waals surface area contributed by atoms with E-state index in [4.69, 9.17) is 16.5 Å². The van der Waals surface area contributed by atoms with Gasteiger partial charge in [-0.15, -0.1) is 71.8 Å². The van der Waals surface area contributed by atoms with E-state index in [1.807, 2.05) is 30.3 Å². The summed E-state index contributed by atoms with van der Waals surface area (Å²) in [6.45, 7) is 25.9. The number of para-hydroxylation sites is 3. The first-order valence-electron chi connectivity index (χ1n) is 23.0. The van der Waals surface area contributed by atoms with Crippen molar-refractivity contribution in [3.63, 3.8) is 0 Å². The number of hydrogen-bond acceptors (Lipinski definition) is 2. The molecule has 0 aliphatic heterocycles. The molecule has 5 nitrogen and oxygen atoms in total. The van der Waals surface area contributed by atoms with Gasteiger partial charge in [0.2, 0.25) is 0 Å². The summed E-state index contributed by atoms with van der Waals surface area (Å²) in [5.74, 6) is 3.95. The zero-order valence-electron chi connectivity index (χ0n) is 39.0. The molecule has 0 saturated carbocycles. The van der Waals surface area contributed by atoms with Crippen LogP contribution in [0.3, 0.4) is 0 Å². The van der Waals surface area contributed by atoms with Crippen molar-refractivity contribution in [2.75, 3.05) is 0 Å². The van der Waals surface area contributed by atoms with Gasteiger partial charge in [0.15, 0.2) is 5.69 Å². The number of imidazole rings is 2. The van der Waals surface area contributed by atoms with Crippen LogP contribution in [0.5, 0.6) is 0 Å². The molecule has 0 unspecified atom stereocenters. The van der Waals surface area contributed by atoms with E-state index in [0.29, 0.717) is 29.4 Å². The molecule has 2 aromatic heterocycles. The van der Waals surface area contributed by atoms with Crippen LogP contribution in [0.25, 0.3) is 71.8 Å². The van der Waals surface area contributed by atoms with Crippen molar-refractivity contribution in [1.29, 1.82) is 0 Å². The maximum Gasteiger partial charge on any atom is 0.187 e. The summed E-state index contributed by atoms with van der Waals surface area (Å²) in [7, 11) is 0. The molecule has 331 valence electrons. The summed E-state index contributed by atoms with van der Waals surface area (Å²) in [6, 6.07) is 55.2. The first-order chi connectivity index (χ1) is 31.0. The van der Waals surface area contributed by atoms with Crippen LogP contribution in [0.15, 0.2) is 140 Å². The molecule has 0 amide bonds. The minimum atomic E-state index is 0. The van der Waals surface area contributed by atoms with Gasteiger partial charge in [-0.1, -0.05) is 128 Å². The predicted octanol–water partition coefficient (Wildman–Crippen LogP) is 15.5. The third-order valence-electron chi connectivity index (χ3n) is 11.5. The molecule has 9 rings (SSSR count). The Morgan fingerprint density at radius 1 is 0.508 bits per heavy atom. The van der Waals surface area contributed by atoms with E-state index in [0.717, 1.165) is 70.5 Å². The standard InChI is InChI=1S/C32H30N3.C27H29N2.Ir/c1-21(2)17-25-19-27(33-5)20-26(18-22(3)4)30(25)35-31-28-14-10-9-11-23(28)15-16-29(31)34-32(35)24-12-7-6-8-13-24;1-19(2)17-22-13-10-14-23(18-20(3)4)26(22)29-25-16-9-8-15-24(25)28-27(29)21-11-6-5-7-12-21;/h6-12,14-16,19-22H,17-18H2,1-4H3;5-11,13-16,19-20H,17-18H2,1-4H3;/q2*-1;. The summed E-state index contributed by atoms with van der Waals surface area (Å²) < 4.78 is 4.73. The second-order valence-electron chi connectivity index (χ2n) is 18.8. The zero-order chi connectivity index (χ0) is 44.9.